The number of nitrogens with zero attached hydrogens (tertiary/aromatic N) is 3. The standard InChI is InChI=1S/C22H23Cl2N5O2S/c1-13-4-5-14(2)18(10-13)26-20(30)12-32-22-28-27-19(29(22)3)8-9-25-21(31)15-6-7-16(23)17(24)11-15/h4-7,10-11H,8-9,12H2,1-3H3,(H,25,31)(H,26,30). The van der Waals surface area contributed by atoms with Gasteiger partial charge in [-0.1, -0.05) is 47.1 Å². The highest BCUT2D eigenvalue weighted by Crippen LogP contribution is 2.22. The summed E-state index contributed by atoms with van der Waals surface area (Å²) >= 11 is 13.1. The van der Waals surface area contributed by atoms with E-state index < -0.39 is 0 Å². The molecular formula is C22H23Cl2N5O2S. The number of amides is 2. The van der Waals surface area contributed by atoms with Crippen LogP contribution >= 0.6 is 35.0 Å². The molecule has 1 heterocycles. The zero-order valence-corrected chi connectivity index (χ0v) is 20.2. The van der Waals surface area contributed by atoms with Gasteiger partial charge in [0, 0.05) is 31.3 Å². The molecular weight excluding hydrogens is 469 g/mol. The number of carbonyl (C=O) groups is 2. The number of aromatic nitrogens is 3. The monoisotopic (exact) mass is 491 g/mol. The predicted octanol–water partition coefficient (Wildman–Crippen LogP) is 4.44. The molecule has 10 heteroatoms. The van der Waals surface area contributed by atoms with Gasteiger partial charge in [0.1, 0.15) is 5.82 Å². The Labute approximate surface area is 200 Å². The molecule has 3 aromatic rings. The van der Waals surface area contributed by atoms with Gasteiger partial charge in [0.15, 0.2) is 5.16 Å². The Morgan fingerprint density at radius 3 is 2.59 bits per heavy atom. The Morgan fingerprint density at radius 2 is 1.84 bits per heavy atom. The van der Waals surface area contributed by atoms with Crippen molar-refractivity contribution >= 4 is 52.5 Å². The SMILES string of the molecule is Cc1ccc(C)c(NC(=O)CSc2nnc(CCNC(=O)c3ccc(Cl)c(Cl)c3)n2C)c1. The summed E-state index contributed by atoms with van der Waals surface area (Å²) in [7, 11) is 1.83. The van der Waals surface area contributed by atoms with E-state index in [1.54, 1.807) is 12.1 Å². The van der Waals surface area contributed by atoms with Gasteiger partial charge in [-0.2, -0.15) is 0 Å². The van der Waals surface area contributed by atoms with Gasteiger partial charge in [-0.05, 0) is 49.2 Å². The van der Waals surface area contributed by atoms with Gasteiger partial charge >= 0.3 is 0 Å². The second-order valence-corrected chi connectivity index (χ2v) is 9.00. The summed E-state index contributed by atoms with van der Waals surface area (Å²) in [6.45, 7) is 4.32. The molecule has 7 nitrogen and oxygen atoms in total. The molecule has 0 unspecified atom stereocenters. The number of carbonyl (C=O) groups excluding carboxylic acids is 2. The number of anilines is 1. The lowest BCUT2D eigenvalue weighted by Gasteiger charge is -2.09. The summed E-state index contributed by atoms with van der Waals surface area (Å²) in [6.07, 6.45) is 0.492. The van der Waals surface area contributed by atoms with Crippen molar-refractivity contribution in [3.8, 4) is 0 Å². The van der Waals surface area contributed by atoms with E-state index in [0.717, 1.165) is 16.8 Å². The van der Waals surface area contributed by atoms with E-state index in [-0.39, 0.29) is 17.6 Å². The summed E-state index contributed by atoms with van der Waals surface area (Å²) in [6, 6.07) is 10.7. The van der Waals surface area contributed by atoms with Crippen molar-refractivity contribution in [2.75, 3.05) is 17.6 Å². The fourth-order valence-corrected chi connectivity index (χ4v) is 3.93. The minimum absolute atomic E-state index is 0.109. The van der Waals surface area contributed by atoms with Gasteiger partial charge in [0.05, 0.1) is 15.8 Å². The Kier molecular flexibility index (Phi) is 8.17. The van der Waals surface area contributed by atoms with Crippen molar-refractivity contribution in [3.63, 3.8) is 0 Å². The quantitative estimate of drug-likeness (QED) is 0.454. The lowest BCUT2D eigenvalue weighted by atomic mass is 10.1. The predicted molar refractivity (Wildman–Crippen MR) is 129 cm³/mol. The summed E-state index contributed by atoms with van der Waals surface area (Å²) in [5.41, 5.74) is 3.34. The molecule has 0 bridgehead atoms. The fourth-order valence-electron chi connectivity index (χ4n) is 2.90. The van der Waals surface area contributed by atoms with Gasteiger partial charge < -0.3 is 15.2 Å². The molecule has 0 saturated heterocycles. The highest BCUT2D eigenvalue weighted by Gasteiger charge is 2.13. The molecule has 0 fully saturated rings. The normalized spacial score (nSPS) is 10.8. The molecule has 0 aliphatic rings. The molecule has 0 saturated carbocycles. The third-order valence-electron chi connectivity index (χ3n) is 4.74. The van der Waals surface area contributed by atoms with Crippen LogP contribution in [0.2, 0.25) is 10.0 Å². The van der Waals surface area contributed by atoms with E-state index in [2.05, 4.69) is 20.8 Å². The first kappa shape index (κ1) is 24.1. The maximum Gasteiger partial charge on any atom is 0.251 e. The maximum atomic E-state index is 12.3. The molecule has 0 radical (unpaired) electrons. The fraction of sp³-hybridized carbons (Fsp3) is 0.273. The molecule has 0 aliphatic heterocycles. The van der Waals surface area contributed by atoms with E-state index >= 15 is 0 Å². The average molecular weight is 492 g/mol. The maximum absolute atomic E-state index is 12.3. The Bertz CT molecular complexity index is 1150. The van der Waals surface area contributed by atoms with Gasteiger partial charge in [-0.25, -0.2) is 0 Å². The highest BCUT2D eigenvalue weighted by atomic mass is 35.5. The Balaban J connectivity index is 1.49. The number of thioether (sulfide) groups is 1. The van der Waals surface area contributed by atoms with Gasteiger partial charge in [0.25, 0.3) is 5.91 Å². The third-order valence-corrected chi connectivity index (χ3v) is 6.50. The number of aryl methyl sites for hydroxylation is 2. The molecule has 0 atom stereocenters. The van der Waals surface area contributed by atoms with Crippen molar-refractivity contribution in [1.82, 2.24) is 20.1 Å². The minimum atomic E-state index is -0.247. The first-order valence-corrected chi connectivity index (χ1v) is 11.6. The number of benzene rings is 2. The zero-order chi connectivity index (χ0) is 23.3. The molecule has 32 heavy (non-hydrogen) atoms. The van der Waals surface area contributed by atoms with Crippen LogP contribution in [0, 0.1) is 13.8 Å². The van der Waals surface area contributed by atoms with Crippen LogP contribution in [0.15, 0.2) is 41.6 Å². The Morgan fingerprint density at radius 1 is 1.06 bits per heavy atom. The summed E-state index contributed by atoms with van der Waals surface area (Å²) in [4.78, 5) is 24.6. The topological polar surface area (TPSA) is 88.9 Å². The molecule has 1 aromatic heterocycles. The van der Waals surface area contributed by atoms with Crippen LogP contribution < -0.4 is 10.6 Å². The van der Waals surface area contributed by atoms with Crippen molar-refractivity contribution < 1.29 is 9.59 Å². The van der Waals surface area contributed by atoms with Crippen LogP contribution in [0.5, 0.6) is 0 Å². The van der Waals surface area contributed by atoms with Crippen LogP contribution in [0.1, 0.15) is 27.3 Å². The van der Waals surface area contributed by atoms with Crippen LogP contribution in [-0.4, -0.2) is 38.9 Å². The molecule has 2 amide bonds. The van der Waals surface area contributed by atoms with Gasteiger partial charge in [-0.15, -0.1) is 10.2 Å². The first-order valence-electron chi connectivity index (χ1n) is 9.86. The molecule has 0 spiro atoms. The average Bonchev–Trinajstić information content (AvgIpc) is 3.10. The van der Waals surface area contributed by atoms with E-state index in [9.17, 15) is 9.59 Å². The van der Waals surface area contributed by atoms with E-state index in [0.29, 0.717) is 39.6 Å². The van der Waals surface area contributed by atoms with E-state index in [1.807, 2.05) is 43.7 Å². The van der Waals surface area contributed by atoms with E-state index in [1.165, 1.54) is 17.8 Å². The third kappa shape index (κ3) is 6.25. The van der Waals surface area contributed by atoms with Crippen LogP contribution in [-0.2, 0) is 18.3 Å². The highest BCUT2D eigenvalue weighted by molar-refractivity contribution is 7.99. The van der Waals surface area contributed by atoms with Gasteiger partial charge in [-0.3, -0.25) is 9.59 Å². The second kappa shape index (κ2) is 10.8. The van der Waals surface area contributed by atoms with Crippen LogP contribution in [0.3, 0.4) is 0 Å². The number of hydrogen-bond donors (Lipinski definition) is 2. The van der Waals surface area contributed by atoms with Crippen molar-refractivity contribution in [3.05, 3.63) is 69.0 Å². The lowest BCUT2D eigenvalue weighted by molar-refractivity contribution is -0.113. The summed E-state index contributed by atoms with van der Waals surface area (Å²) < 4.78 is 1.82. The number of hydrogen-bond acceptors (Lipinski definition) is 5. The molecule has 3 rings (SSSR count). The van der Waals surface area contributed by atoms with Crippen LogP contribution in [0.25, 0.3) is 0 Å². The summed E-state index contributed by atoms with van der Waals surface area (Å²) in [5, 5.41) is 15.4. The number of halogens is 2. The number of nitrogens with one attached hydrogen (secondary N) is 2. The van der Waals surface area contributed by atoms with Crippen molar-refractivity contribution in [2.24, 2.45) is 7.05 Å². The van der Waals surface area contributed by atoms with Gasteiger partial charge in [0.2, 0.25) is 5.91 Å². The minimum Gasteiger partial charge on any atom is -0.352 e. The van der Waals surface area contributed by atoms with Crippen LogP contribution in [0.4, 0.5) is 5.69 Å². The molecule has 2 aromatic carbocycles. The smallest absolute Gasteiger partial charge is 0.251 e. The van der Waals surface area contributed by atoms with Crippen molar-refractivity contribution in [1.29, 1.82) is 0 Å². The lowest BCUT2D eigenvalue weighted by Crippen LogP contribution is -2.26. The van der Waals surface area contributed by atoms with E-state index in [4.69, 9.17) is 23.2 Å². The number of rotatable bonds is 8. The molecule has 168 valence electrons. The zero-order valence-electron chi connectivity index (χ0n) is 17.9. The first-order chi connectivity index (χ1) is 15.2. The Hall–Kier alpha value is -2.55. The largest absolute Gasteiger partial charge is 0.352 e. The second-order valence-electron chi connectivity index (χ2n) is 7.25. The molecule has 2 N–H and O–H groups in total. The molecule has 0 aliphatic carbocycles. The van der Waals surface area contributed by atoms with Crippen molar-refractivity contribution in [2.45, 2.75) is 25.4 Å². The summed E-state index contributed by atoms with van der Waals surface area (Å²) in [5.74, 6) is 0.565.